The maximum absolute atomic E-state index is 6.00. The lowest BCUT2D eigenvalue weighted by Crippen LogP contribution is -2.27. The summed E-state index contributed by atoms with van der Waals surface area (Å²) >= 11 is 0. The van der Waals surface area contributed by atoms with Crippen molar-refractivity contribution in [2.45, 2.75) is 19.9 Å². The summed E-state index contributed by atoms with van der Waals surface area (Å²) < 4.78 is 7.68. The molecule has 0 aliphatic carbocycles. The van der Waals surface area contributed by atoms with E-state index in [0.717, 1.165) is 5.75 Å². The molecule has 1 atom stereocenters. The fourth-order valence-corrected chi connectivity index (χ4v) is 3.07. The van der Waals surface area contributed by atoms with Crippen LogP contribution in [0.15, 0.2) is 12.1 Å². The molecule has 2 N–H and O–H groups in total. The van der Waals surface area contributed by atoms with Crippen LogP contribution in [0.3, 0.4) is 0 Å². The van der Waals surface area contributed by atoms with E-state index in [1.54, 1.807) is 7.11 Å². The molecule has 20 heavy (non-hydrogen) atoms. The van der Waals surface area contributed by atoms with Crippen LogP contribution >= 0.6 is 0 Å². The van der Waals surface area contributed by atoms with Gasteiger partial charge in [-0.25, -0.2) is 0 Å². The number of hydrogen-bond donors (Lipinski definition) is 1. The minimum absolute atomic E-state index is 0.213. The van der Waals surface area contributed by atoms with Crippen LogP contribution in [0.4, 0.5) is 0 Å². The summed E-state index contributed by atoms with van der Waals surface area (Å²) in [4.78, 5) is 2.18. The lowest BCUT2D eigenvalue weighted by atomic mass is 10.0. The van der Waals surface area contributed by atoms with Gasteiger partial charge in [-0.15, -0.1) is 0 Å². The molecular formula is C16H25N3O. The van der Waals surface area contributed by atoms with E-state index in [1.807, 2.05) is 0 Å². The Balaban J connectivity index is 2.83. The van der Waals surface area contributed by atoms with Gasteiger partial charge < -0.3 is 19.9 Å². The lowest BCUT2D eigenvalue weighted by Gasteiger charge is -2.23. The van der Waals surface area contributed by atoms with E-state index in [9.17, 15) is 0 Å². The van der Waals surface area contributed by atoms with E-state index in [4.69, 9.17) is 10.5 Å². The van der Waals surface area contributed by atoms with Crippen molar-refractivity contribution in [2.24, 2.45) is 12.8 Å². The van der Waals surface area contributed by atoms with Crippen molar-refractivity contribution in [2.75, 3.05) is 27.7 Å². The molecule has 0 fully saturated rings. The van der Waals surface area contributed by atoms with Crippen LogP contribution in [0.5, 0.6) is 5.75 Å². The Morgan fingerprint density at radius 2 is 1.95 bits per heavy atom. The third-order valence-electron chi connectivity index (χ3n) is 4.21. The van der Waals surface area contributed by atoms with Crippen LogP contribution in [-0.4, -0.2) is 37.2 Å². The molecule has 1 aromatic heterocycles. The van der Waals surface area contributed by atoms with Gasteiger partial charge in [-0.3, -0.25) is 0 Å². The fourth-order valence-electron chi connectivity index (χ4n) is 3.07. The van der Waals surface area contributed by atoms with Crippen LogP contribution in [0, 0.1) is 13.8 Å². The number of nitrogens with zero attached hydrogens (tertiary/aromatic N) is 2. The maximum Gasteiger partial charge on any atom is 0.119 e. The zero-order chi connectivity index (χ0) is 15.0. The Morgan fingerprint density at radius 1 is 1.30 bits per heavy atom. The van der Waals surface area contributed by atoms with Crippen molar-refractivity contribution >= 4 is 10.9 Å². The topological polar surface area (TPSA) is 43.4 Å². The minimum atomic E-state index is 0.213. The highest BCUT2D eigenvalue weighted by atomic mass is 16.5. The number of aryl methyl sites for hydroxylation is 2. The van der Waals surface area contributed by atoms with Gasteiger partial charge in [0, 0.05) is 30.7 Å². The van der Waals surface area contributed by atoms with Crippen LogP contribution in [0.25, 0.3) is 10.9 Å². The maximum atomic E-state index is 6.00. The van der Waals surface area contributed by atoms with Gasteiger partial charge in [0.25, 0.3) is 0 Å². The summed E-state index contributed by atoms with van der Waals surface area (Å²) in [7, 11) is 7.97. The molecule has 110 valence electrons. The molecule has 2 aromatic rings. The smallest absolute Gasteiger partial charge is 0.119 e. The number of ether oxygens (including phenoxy) is 1. The van der Waals surface area contributed by atoms with Crippen molar-refractivity contribution < 1.29 is 4.74 Å². The molecule has 0 spiro atoms. The Bertz CT molecular complexity index is 628. The second-order valence-electron chi connectivity index (χ2n) is 5.61. The van der Waals surface area contributed by atoms with Gasteiger partial charge in [0.15, 0.2) is 0 Å². The first-order valence-electron chi connectivity index (χ1n) is 6.92. The van der Waals surface area contributed by atoms with Crippen LogP contribution in [-0.2, 0) is 7.05 Å². The lowest BCUT2D eigenvalue weighted by molar-refractivity contribution is 0.306. The van der Waals surface area contributed by atoms with Gasteiger partial charge in [0.2, 0.25) is 0 Å². The predicted octanol–water partition coefficient (Wildman–Crippen LogP) is 2.37. The molecule has 0 saturated heterocycles. The van der Waals surface area contributed by atoms with Gasteiger partial charge >= 0.3 is 0 Å². The third kappa shape index (κ3) is 2.19. The third-order valence-corrected chi connectivity index (χ3v) is 4.21. The molecule has 0 aliphatic heterocycles. The van der Waals surface area contributed by atoms with E-state index >= 15 is 0 Å². The number of hydrogen-bond acceptors (Lipinski definition) is 3. The molecule has 0 aliphatic rings. The first kappa shape index (κ1) is 14.9. The van der Waals surface area contributed by atoms with Crippen molar-refractivity contribution in [3.8, 4) is 5.75 Å². The van der Waals surface area contributed by atoms with Crippen molar-refractivity contribution in [1.82, 2.24) is 9.47 Å². The average Bonchev–Trinajstić information content (AvgIpc) is 2.64. The molecule has 1 aromatic carbocycles. The largest absolute Gasteiger partial charge is 0.497 e. The molecule has 2 rings (SSSR count). The molecule has 4 nitrogen and oxygen atoms in total. The molecule has 0 radical (unpaired) electrons. The standard InChI is InChI=1S/C16H25N3O/c1-10-7-12(20-6)8-13-15(14(9-17)18(3)4)11(2)19(5)16(10)13/h7-8,14H,9,17H2,1-6H3. The predicted molar refractivity (Wildman–Crippen MR) is 84.4 cm³/mol. The van der Waals surface area contributed by atoms with Crippen molar-refractivity contribution in [3.63, 3.8) is 0 Å². The van der Waals surface area contributed by atoms with Gasteiger partial charge in [0.05, 0.1) is 12.6 Å². The van der Waals surface area contributed by atoms with Gasteiger partial charge in [-0.05, 0) is 51.2 Å². The Labute approximate surface area is 121 Å². The SMILES string of the molecule is COc1cc(C)c2c(c1)c(C(CN)N(C)C)c(C)n2C. The molecule has 1 unspecified atom stereocenters. The van der Waals surface area contributed by atoms with Gasteiger partial charge in [0.1, 0.15) is 5.75 Å². The number of benzene rings is 1. The highest BCUT2D eigenvalue weighted by Crippen LogP contribution is 2.35. The number of rotatable bonds is 4. The number of methoxy groups -OCH3 is 1. The normalized spacial score (nSPS) is 13.2. The zero-order valence-electron chi connectivity index (χ0n) is 13.3. The molecule has 0 bridgehead atoms. The summed E-state index contributed by atoms with van der Waals surface area (Å²) in [6.07, 6.45) is 0. The van der Waals surface area contributed by atoms with E-state index in [2.05, 4.69) is 56.6 Å². The second kappa shape index (κ2) is 5.46. The number of aromatic nitrogens is 1. The van der Waals surface area contributed by atoms with E-state index in [1.165, 1.54) is 27.7 Å². The van der Waals surface area contributed by atoms with E-state index in [-0.39, 0.29) is 6.04 Å². The minimum Gasteiger partial charge on any atom is -0.497 e. The summed E-state index contributed by atoms with van der Waals surface area (Å²) in [5.74, 6) is 0.899. The van der Waals surface area contributed by atoms with Crippen LogP contribution in [0.1, 0.15) is 22.9 Å². The van der Waals surface area contributed by atoms with Gasteiger partial charge in [-0.2, -0.15) is 0 Å². The van der Waals surface area contributed by atoms with E-state index in [0.29, 0.717) is 6.54 Å². The highest BCUT2D eigenvalue weighted by molar-refractivity contribution is 5.90. The molecule has 1 heterocycles. The number of likely N-dealkylation sites (N-methyl/N-ethyl adjacent to an activating group) is 1. The quantitative estimate of drug-likeness (QED) is 0.931. The highest BCUT2D eigenvalue weighted by Gasteiger charge is 2.22. The first-order chi connectivity index (χ1) is 9.42. The van der Waals surface area contributed by atoms with Crippen molar-refractivity contribution in [1.29, 1.82) is 0 Å². The second-order valence-corrected chi connectivity index (χ2v) is 5.61. The van der Waals surface area contributed by atoms with E-state index < -0.39 is 0 Å². The molecule has 0 amide bonds. The van der Waals surface area contributed by atoms with Crippen LogP contribution in [0.2, 0.25) is 0 Å². The number of nitrogens with two attached hydrogens (primary N) is 1. The van der Waals surface area contributed by atoms with Crippen LogP contribution < -0.4 is 10.5 Å². The molecule has 4 heteroatoms. The Morgan fingerprint density at radius 3 is 2.45 bits per heavy atom. The zero-order valence-corrected chi connectivity index (χ0v) is 13.3. The summed E-state index contributed by atoms with van der Waals surface area (Å²) in [6.45, 7) is 4.89. The monoisotopic (exact) mass is 275 g/mol. The summed E-state index contributed by atoms with van der Waals surface area (Å²) in [5, 5.41) is 1.24. The van der Waals surface area contributed by atoms with Crippen molar-refractivity contribution in [3.05, 3.63) is 29.0 Å². The Kier molecular flexibility index (Phi) is 4.06. The van der Waals surface area contributed by atoms with Gasteiger partial charge in [-0.1, -0.05) is 0 Å². The summed E-state index contributed by atoms with van der Waals surface area (Å²) in [6, 6.07) is 4.42. The summed E-state index contributed by atoms with van der Waals surface area (Å²) in [5.41, 5.74) is 11.1. The average molecular weight is 275 g/mol. The fraction of sp³-hybridized carbons (Fsp3) is 0.500. The Hall–Kier alpha value is -1.52. The first-order valence-corrected chi connectivity index (χ1v) is 6.92. The molecular weight excluding hydrogens is 250 g/mol. The number of fused-ring (bicyclic) bond motifs is 1. The molecule has 0 saturated carbocycles.